The van der Waals surface area contributed by atoms with Gasteiger partial charge in [-0.2, -0.15) is 0 Å². The molecule has 0 aliphatic carbocycles. The molecule has 0 radical (unpaired) electrons. The van der Waals surface area contributed by atoms with Crippen LogP contribution in [0.4, 0.5) is 23.1 Å². The number of aromatic nitrogens is 5. The molecule has 1 atom stereocenters. The maximum atomic E-state index is 9.67. The first-order valence-electron chi connectivity index (χ1n) is 10.6. The van der Waals surface area contributed by atoms with Gasteiger partial charge in [0.25, 0.3) is 0 Å². The van der Waals surface area contributed by atoms with Crippen LogP contribution in [0, 0.1) is 6.92 Å². The van der Waals surface area contributed by atoms with Gasteiger partial charge in [0.05, 0.1) is 37.3 Å². The molecule has 0 aliphatic heterocycles. The van der Waals surface area contributed by atoms with Crippen molar-refractivity contribution in [2.75, 3.05) is 24.9 Å². The fourth-order valence-corrected chi connectivity index (χ4v) is 3.70. The second kappa shape index (κ2) is 10.5. The van der Waals surface area contributed by atoms with Gasteiger partial charge in [-0.25, -0.2) is 24.9 Å². The topological polar surface area (TPSA) is 127 Å². The van der Waals surface area contributed by atoms with Crippen LogP contribution in [0.15, 0.2) is 49.3 Å². The second-order valence-electron chi connectivity index (χ2n) is 7.57. The molecule has 0 saturated heterocycles. The van der Waals surface area contributed by atoms with E-state index in [2.05, 4.69) is 35.6 Å². The molecule has 11 heteroatoms. The summed E-state index contributed by atoms with van der Waals surface area (Å²) < 4.78 is 10.9. The van der Waals surface area contributed by atoms with E-state index in [0.717, 1.165) is 11.1 Å². The summed E-state index contributed by atoms with van der Waals surface area (Å²) in [6, 6.07) is 7.05. The minimum absolute atomic E-state index is 0.395. The molecule has 0 saturated carbocycles. The van der Waals surface area contributed by atoms with Crippen molar-refractivity contribution in [2.45, 2.75) is 20.0 Å². The average molecular weight is 494 g/mol. The summed E-state index contributed by atoms with van der Waals surface area (Å²) in [5.41, 5.74) is 3.32. The van der Waals surface area contributed by atoms with E-state index in [-0.39, 0.29) is 0 Å². The van der Waals surface area contributed by atoms with Crippen molar-refractivity contribution in [2.24, 2.45) is 0 Å². The number of ether oxygens (including phenoxy) is 2. The van der Waals surface area contributed by atoms with Crippen molar-refractivity contribution in [1.82, 2.24) is 24.9 Å². The van der Waals surface area contributed by atoms with Crippen LogP contribution in [0.1, 0.15) is 24.2 Å². The third kappa shape index (κ3) is 5.23. The molecule has 1 unspecified atom stereocenters. The Morgan fingerprint density at radius 1 is 0.914 bits per heavy atom. The van der Waals surface area contributed by atoms with E-state index in [1.54, 1.807) is 50.7 Å². The van der Waals surface area contributed by atoms with Gasteiger partial charge in [0.2, 0.25) is 0 Å². The number of pyridine rings is 1. The summed E-state index contributed by atoms with van der Waals surface area (Å²) in [4.78, 5) is 21.6. The SMILES string of the molecule is COc1cc(OC)c(Cl)c(Nc2ncncc2-c2cc(Nc3ccc(C(C)O)cn3)ncn2)c1C. The Bertz CT molecular complexity index is 1310. The van der Waals surface area contributed by atoms with Gasteiger partial charge in [-0.3, -0.25) is 0 Å². The number of nitrogens with one attached hydrogen (secondary N) is 2. The summed E-state index contributed by atoms with van der Waals surface area (Å²) in [6.07, 6.45) is 5.54. The third-order valence-corrected chi connectivity index (χ3v) is 5.68. The predicted molar refractivity (Wildman–Crippen MR) is 134 cm³/mol. The van der Waals surface area contributed by atoms with E-state index in [0.29, 0.717) is 50.9 Å². The van der Waals surface area contributed by atoms with E-state index in [1.807, 2.05) is 6.92 Å². The highest BCUT2D eigenvalue weighted by Gasteiger charge is 2.18. The number of methoxy groups -OCH3 is 2. The molecule has 0 bridgehead atoms. The standard InChI is InChI=1S/C24H24ClN7O3/c1-13-18(34-3)8-19(35-4)22(25)23(13)32-24-16(10-26-11-30-24)17-7-21(29-12-28-17)31-20-6-5-15(9-27-20)14(2)33/h5-12,14,33H,1-4H3,(H,26,30,32)(H,27,28,29,31). The Balaban J connectivity index is 1.67. The maximum Gasteiger partial charge on any atom is 0.143 e. The maximum absolute atomic E-state index is 9.67. The number of rotatable bonds is 8. The highest BCUT2D eigenvalue weighted by molar-refractivity contribution is 6.35. The number of aliphatic hydroxyl groups is 1. The summed E-state index contributed by atoms with van der Waals surface area (Å²) in [7, 11) is 3.12. The van der Waals surface area contributed by atoms with Gasteiger partial charge in [-0.1, -0.05) is 17.7 Å². The van der Waals surface area contributed by atoms with Crippen LogP contribution in [-0.2, 0) is 0 Å². The summed E-state index contributed by atoms with van der Waals surface area (Å²) in [5.74, 6) is 2.68. The molecule has 10 nitrogen and oxygen atoms in total. The molecule has 1 aromatic carbocycles. The van der Waals surface area contributed by atoms with Gasteiger partial charge in [0.1, 0.15) is 46.6 Å². The monoisotopic (exact) mass is 493 g/mol. The normalized spacial score (nSPS) is 11.6. The molecule has 4 rings (SSSR count). The average Bonchev–Trinajstić information content (AvgIpc) is 2.87. The molecule has 0 aliphatic rings. The Kier molecular flexibility index (Phi) is 7.23. The number of hydrogen-bond donors (Lipinski definition) is 3. The first-order chi connectivity index (χ1) is 16.9. The van der Waals surface area contributed by atoms with Crippen molar-refractivity contribution in [3.63, 3.8) is 0 Å². The zero-order valence-electron chi connectivity index (χ0n) is 19.6. The largest absolute Gasteiger partial charge is 0.496 e. The molecule has 3 N–H and O–H groups in total. The third-order valence-electron chi connectivity index (χ3n) is 5.31. The molecule has 0 fully saturated rings. The van der Waals surface area contributed by atoms with Crippen LogP contribution >= 0.6 is 11.6 Å². The highest BCUT2D eigenvalue weighted by Crippen LogP contribution is 2.42. The van der Waals surface area contributed by atoms with Crippen molar-refractivity contribution in [1.29, 1.82) is 0 Å². The summed E-state index contributed by atoms with van der Waals surface area (Å²) in [5, 5.41) is 16.5. The number of aliphatic hydroxyl groups excluding tert-OH is 1. The van der Waals surface area contributed by atoms with Gasteiger partial charge in [0, 0.05) is 30.1 Å². The van der Waals surface area contributed by atoms with Crippen molar-refractivity contribution >= 4 is 34.7 Å². The molecular formula is C24H24ClN7O3. The molecule has 0 amide bonds. The molecule has 180 valence electrons. The second-order valence-corrected chi connectivity index (χ2v) is 7.95. The van der Waals surface area contributed by atoms with Gasteiger partial charge in [-0.05, 0) is 25.5 Å². The van der Waals surface area contributed by atoms with Crippen molar-refractivity contribution in [3.8, 4) is 22.8 Å². The van der Waals surface area contributed by atoms with E-state index in [9.17, 15) is 5.11 Å². The van der Waals surface area contributed by atoms with Crippen molar-refractivity contribution < 1.29 is 14.6 Å². The fourth-order valence-electron chi connectivity index (χ4n) is 3.38. The van der Waals surface area contributed by atoms with Crippen LogP contribution in [0.2, 0.25) is 5.02 Å². The Hall–Kier alpha value is -4.02. The number of halogens is 1. The van der Waals surface area contributed by atoms with E-state index in [1.165, 1.54) is 19.8 Å². The van der Waals surface area contributed by atoms with Crippen LogP contribution in [0.5, 0.6) is 11.5 Å². The lowest BCUT2D eigenvalue weighted by Gasteiger charge is -2.18. The zero-order valence-corrected chi connectivity index (χ0v) is 20.3. The van der Waals surface area contributed by atoms with E-state index >= 15 is 0 Å². The van der Waals surface area contributed by atoms with Gasteiger partial charge in [-0.15, -0.1) is 0 Å². The lowest BCUT2D eigenvalue weighted by Crippen LogP contribution is -2.03. The fraction of sp³-hybridized carbons (Fsp3) is 0.208. The Morgan fingerprint density at radius 2 is 1.71 bits per heavy atom. The first kappa shape index (κ1) is 24.1. The lowest BCUT2D eigenvalue weighted by atomic mass is 10.1. The van der Waals surface area contributed by atoms with E-state index < -0.39 is 6.10 Å². The summed E-state index contributed by atoms with van der Waals surface area (Å²) >= 11 is 6.59. The van der Waals surface area contributed by atoms with E-state index in [4.69, 9.17) is 21.1 Å². The molecule has 4 aromatic rings. The smallest absolute Gasteiger partial charge is 0.143 e. The molecule has 3 aromatic heterocycles. The van der Waals surface area contributed by atoms with Crippen LogP contribution in [0.3, 0.4) is 0 Å². The molecular weight excluding hydrogens is 470 g/mol. The van der Waals surface area contributed by atoms with Gasteiger partial charge >= 0.3 is 0 Å². The molecule has 35 heavy (non-hydrogen) atoms. The Labute approximate surface area is 207 Å². The number of benzene rings is 1. The number of nitrogens with zero attached hydrogens (tertiary/aromatic N) is 5. The van der Waals surface area contributed by atoms with Gasteiger partial charge < -0.3 is 25.2 Å². The lowest BCUT2D eigenvalue weighted by molar-refractivity contribution is 0.199. The van der Waals surface area contributed by atoms with Crippen molar-refractivity contribution in [3.05, 3.63) is 65.5 Å². The summed E-state index contributed by atoms with van der Waals surface area (Å²) in [6.45, 7) is 3.57. The van der Waals surface area contributed by atoms with Crippen LogP contribution in [-0.4, -0.2) is 44.2 Å². The van der Waals surface area contributed by atoms with Gasteiger partial charge in [0.15, 0.2) is 0 Å². The van der Waals surface area contributed by atoms with Crippen LogP contribution in [0.25, 0.3) is 11.3 Å². The minimum Gasteiger partial charge on any atom is -0.496 e. The molecule has 3 heterocycles. The molecule has 0 spiro atoms. The Morgan fingerprint density at radius 3 is 2.40 bits per heavy atom. The zero-order chi connectivity index (χ0) is 24.9. The quantitative estimate of drug-likeness (QED) is 0.313. The number of anilines is 4. The first-order valence-corrected chi connectivity index (χ1v) is 11.0. The van der Waals surface area contributed by atoms with Crippen LogP contribution < -0.4 is 20.1 Å². The predicted octanol–water partition coefficient (Wildman–Crippen LogP) is 4.85. The number of hydrogen-bond acceptors (Lipinski definition) is 10. The minimum atomic E-state index is -0.590. The highest BCUT2D eigenvalue weighted by atomic mass is 35.5.